The lowest BCUT2D eigenvalue weighted by Gasteiger charge is -2.23. The molecule has 2 aromatic rings. The van der Waals surface area contributed by atoms with Crippen LogP contribution in [-0.4, -0.2) is 12.6 Å². The van der Waals surface area contributed by atoms with Crippen LogP contribution in [0.4, 0.5) is 4.39 Å². The van der Waals surface area contributed by atoms with Crippen LogP contribution in [0.1, 0.15) is 61.6 Å². The van der Waals surface area contributed by atoms with Gasteiger partial charge in [0.15, 0.2) is 11.6 Å². The van der Waals surface area contributed by atoms with Gasteiger partial charge in [-0.25, -0.2) is 9.18 Å². The van der Waals surface area contributed by atoms with Gasteiger partial charge in [-0.05, 0) is 61.6 Å². The topological polar surface area (TPSA) is 44.8 Å². The molecule has 0 saturated carbocycles. The van der Waals surface area contributed by atoms with Gasteiger partial charge in [0.2, 0.25) is 0 Å². The van der Waals surface area contributed by atoms with Gasteiger partial charge in [-0.1, -0.05) is 37.1 Å². The van der Waals surface area contributed by atoms with E-state index in [0.29, 0.717) is 12.2 Å². The molecule has 6 heteroatoms. The summed E-state index contributed by atoms with van der Waals surface area (Å²) in [5.74, 6) is -1.52. The predicted octanol–water partition coefficient (Wildman–Crippen LogP) is 6.63. The minimum absolute atomic E-state index is 0.0250. The third-order valence-corrected chi connectivity index (χ3v) is 5.08. The first-order valence-electron chi connectivity index (χ1n) is 9.79. The van der Waals surface area contributed by atoms with Crippen LogP contribution in [0.15, 0.2) is 48.2 Å². The third kappa shape index (κ3) is 5.10. The number of halogens is 2. The summed E-state index contributed by atoms with van der Waals surface area (Å²) in [6, 6.07) is 9.78. The Balaban J connectivity index is 1.66. The van der Waals surface area contributed by atoms with Crippen LogP contribution in [0.2, 0.25) is 5.02 Å². The van der Waals surface area contributed by atoms with Crippen LogP contribution >= 0.6 is 11.6 Å². The molecule has 1 atom stereocenters. The van der Waals surface area contributed by atoms with Crippen molar-refractivity contribution < 1.29 is 23.4 Å². The van der Waals surface area contributed by atoms with E-state index < -0.39 is 11.8 Å². The lowest BCUT2D eigenvalue weighted by atomic mass is 9.97. The Morgan fingerprint density at radius 3 is 2.52 bits per heavy atom. The van der Waals surface area contributed by atoms with Crippen LogP contribution in [0, 0.1) is 5.82 Å². The van der Waals surface area contributed by atoms with Crippen molar-refractivity contribution in [2.24, 2.45) is 0 Å². The summed E-state index contributed by atoms with van der Waals surface area (Å²) in [6.07, 6.45) is 5.92. The summed E-state index contributed by atoms with van der Waals surface area (Å²) in [6.45, 7) is 4.27. The smallest absolute Gasteiger partial charge is 0.343 e. The second-order valence-electron chi connectivity index (χ2n) is 6.82. The van der Waals surface area contributed by atoms with Gasteiger partial charge in [0.05, 0.1) is 18.4 Å². The van der Waals surface area contributed by atoms with Crippen LogP contribution in [0.3, 0.4) is 0 Å². The fourth-order valence-electron chi connectivity index (χ4n) is 3.22. The first kappa shape index (κ1) is 21.2. The van der Waals surface area contributed by atoms with Gasteiger partial charge in [-0.2, -0.15) is 0 Å². The standard InChI is InChI=1S/C23H24ClFO4/c1-3-5-15-6-11-18(28-14-15)16-7-9-17(10-8-16)23(26)29-20-13-12-19(27-4-2)21(24)22(20)25/h7-10,12-14,18H,3-6,11H2,1-2H3. The molecule has 1 unspecified atom stereocenters. The van der Waals surface area contributed by atoms with Crippen molar-refractivity contribution in [3.8, 4) is 11.5 Å². The Kier molecular flexibility index (Phi) is 7.15. The second kappa shape index (κ2) is 9.79. The number of esters is 1. The monoisotopic (exact) mass is 418 g/mol. The molecule has 154 valence electrons. The normalized spacial score (nSPS) is 16.0. The minimum Gasteiger partial charge on any atom is -0.493 e. The highest BCUT2D eigenvalue weighted by atomic mass is 35.5. The zero-order valence-corrected chi connectivity index (χ0v) is 17.3. The lowest BCUT2D eigenvalue weighted by Crippen LogP contribution is -2.11. The van der Waals surface area contributed by atoms with Crippen LogP contribution in [0.5, 0.6) is 11.5 Å². The lowest BCUT2D eigenvalue weighted by molar-refractivity contribution is 0.0727. The molecule has 0 N–H and O–H groups in total. The minimum atomic E-state index is -0.826. The fourth-order valence-corrected chi connectivity index (χ4v) is 3.44. The van der Waals surface area contributed by atoms with Crippen LogP contribution in [-0.2, 0) is 4.74 Å². The molecule has 0 fully saturated rings. The molecule has 0 aliphatic carbocycles. The van der Waals surface area contributed by atoms with E-state index >= 15 is 0 Å². The van der Waals surface area contributed by atoms with Crippen molar-refractivity contribution in [2.45, 2.75) is 45.6 Å². The van der Waals surface area contributed by atoms with Crippen molar-refractivity contribution >= 4 is 17.6 Å². The summed E-state index contributed by atoms with van der Waals surface area (Å²) in [5.41, 5.74) is 2.64. The summed E-state index contributed by atoms with van der Waals surface area (Å²) >= 11 is 5.93. The molecule has 0 radical (unpaired) electrons. The van der Waals surface area contributed by atoms with Gasteiger partial charge in [0.1, 0.15) is 16.9 Å². The number of carbonyl (C=O) groups is 1. The maximum Gasteiger partial charge on any atom is 0.343 e. The van der Waals surface area contributed by atoms with Gasteiger partial charge in [0.25, 0.3) is 0 Å². The van der Waals surface area contributed by atoms with E-state index in [0.717, 1.165) is 31.2 Å². The van der Waals surface area contributed by atoms with E-state index in [-0.39, 0.29) is 22.6 Å². The highest BCUT2D eigenvalue weighted by Crippen LogP contribution is 2.34. The van der Waals surface area contributed by atoms with E-state index in [1.54, 1.807) is 19.1 Å². The van der Waals surface area contributed by atoms with Crippen molar-refractivity contribution in [1.82, 2.24) is 0 Å². The molecule has 0 spiro atoms. The molecule has 0 saturated heterocycles. The molecule has 4 nitrogen and oxygen atoms in total. The number of hydrogen-bond donors (Lipinski definition) is 0. The Morgan fingerprint density at radius 1 is 1.17 bits per heavy atom. The van der Waals surface area contributed by atoms with Gasteiger partial charge in [-0.15, -0.1) is 0 Å². The van der Waals surface area contributed by atoms with E-state index in [1.807, 2.05) is 18.4 Å². The molecular formula is C23H24ClFO4. The molecule has 2 aromatic carbocycles. The Labute approximate surface area is 175 Å². The summed E-state index contributed by atoms with van der Waals surface area (Å²) in [4.78, 5) is 12.4. The second-order valence-corrected chi connectivity index (χ2v) is 7.20. The van der Waals surface area contributed by atoms with E-state index in [1.165, 1.54) is 17.7 Å². The highest BCUT2D eigenvalue weighted by Gasteiger charge is 2.20. The highest BCUT2D eigenvalue weighted by molar-refractivity contribution is 6.32. The number of rotatable bonds is 7. The van der Waals surface area contributed by atoms with E-state index in [9.17, 15) is 9.18 Å². The Bertz CT molecular complexity index is 892. The molecule has 29 heavy (non-hydrogen) atoms. The molecular weight excluding hydrogens is 395 g/mol. The van der Waals surface area contributed by atoms with Gasteiger partial charge in [-0.3, -0.25) is 0 Å². The van der Waals surface area contributed by atoms with E-state index in [4.69, 9.17) is 25.8 Å². The quantitative estimate of drug-likeness (QED) is 0.373. The largest absolute Gasteiger partial charge is 0.493 e. The Morgan fingerprint density at radius 2 is 1.90 bits per heavy atom. The average molecular weight is 419 g/mol. The molecule has 1 aliphatic rings. The predicted molar refractivity (Wildman–Crippen MR) is 110 cm³/mol. The number of carbonyl (C=O) groups excluding carboxylic acids is 1. The number of ether oxygens (including phenoxy) is 3. The van der Waals surface area contributed by atoms with Crippen molar-refractivity contribution in [3.05, 3.63) is 70.2 Å². The van der Waals surface area contributed by atoms with Gasteiger partial charge >= 0.3 is 5.97 Å². The number of benzene rings is 2. The number of hydrogen-bond acceptors (Lipinski definition) is 4. The van der Waals surface area contributed by atoms with Crippen molar-refractivity contribution in [3.63, 3.8) is 0 Å². The maximum absolute atomic E-state index is 14.3. The molecule has 1 heterocycles. The fraction of sp³-hybridized carbons (Fsp3) is 0.348. The van der Waals surface area contributed by atoms with Gasteiger partial charge < -0.3 is 14.2 Å². The van der Waals surface area contributed by atoms with Crippen molar-refractivity contribution in [2.75, 3.05) is 6.61 Å². The van der Waals surface area contributed by atoms with Crippen LogP contribution in [0.25, 0.3) is 0 Å². The Hall–Kier alpha value is -2.53. The molecule has 1 aliphatic heterocycles. The van der Waals surface area contributed by atoms with Crippen LogP contribution < -0.4 is 9.47 Å². The van der Waals surface area contributed by atoms with Gasteiger partial charge in [0, 0.05) is 0 Å². The maximum atomic E-state index is 14.3. The van der Waals surface area contributed by atoms with Crippen molar-refractivity contribution in [1.29, 1.82) is 0 Å². The summed E-state index contributed by atoms with van der Waals surface area (Å²) < 4.78 is 30.6. The first-order valence-corrected chi connectivity index (χ1v) is 10.2. The molecule has 3 rings (SSSR count). The zero-order valence-electron chi connectivity index (χ0n) is 16.5. The third-order valence-electron chi connectivity index (χ3n) is 4.73. The zero-order chi connectivity index (χ0) is 20.8. The molecule has 0 amide bonds. The van der Waals surface area contributed by atoms with E-state index in [2.05, 4.69) is 6.92 Å². The number of allylic oxidation sites excluding steroid dienone is 1. The summed E-state index contributed by atoms with van der Waals surface area (Å²) in [7, 11) is 0. The summed E-state index contributed by atoms with van der Waals surface area (Å²) in [5, 5.41) is -0.211. The SMILES string of the molecule is CCCC1=COC(c2ccc(C(=O)Oc3ccc(OCC)c(Cl)c3F)cc2)CC1. The average Bonchev–Trinajstić information content (AvgIpc) is 2.74. The molecule has 0 bridgehead atoms. The first-order chi connectivity index (χ1) is 14.0. The molecule has 0 aromatic heterocycles.